The number of hydrogen-bond donors (Lipinski definition) is 0. The van der Waals surface area contributed by atoms with Gasteiger partial charge in [0.05, 0.1) is 7.11 Å². The molecule has 1 aliphatic carbocycles. The average Bonchev–Trinajstić information content (AvgIpc) is 3.41. The Labute approximate surface area is 240 Å². The third kappa shape index (κ3) is 9.44. The van der Waals surface area contributed by atoms with Crippen molar-refractivity contribution in [1.82, 2.24) is 4.90 Å². The minimum atomic E-state index is -3.56. The molecule has 3 rings (SSSR count). The summed E-state index contributed by atoms with van der Waals surface area (Å²) >= 11 is 0. The van der Waals surface area contributed by atoms with Crippen LogP contribution in [0.15, 0.2) is 30.3 Å². The normalized spacial score (nSPS) is 22.1. The van der Waals surface area contributed by atoms with Crippen LogP contribution in [0.3, 0.4) is 0 Å². The fourth-order valence-corrected chi connectivity index (χ4v) is 8.23. The fraction of sp³-hybridized carbons (Fsp3) is 0.710. The Balaban J connectivity index is 1.75. The number of carbonyl (C=O) groups is 3. The molecule has 1 saturated carbocycles. The summed E-state index contributed by atoms with van der Waals surface area (Å²) in [4.78, 5) is 40.1. The Kier molecular flexibility index (Phi) is 12.7. The Bertz CT molecular complexity index is 1010. The predicted octanol–water partition coefficient (Wildman–Crippen LogP) is 6.21. The molecule has 0 radical (unpaired) electrons. The zero-order chi connectivity index (χ0) is 29.1. The highest BCUT2D eigenvalue weighted by atomic mass is 31.2. The quantitative estimate of drug-likeness (QED) is 0.112. The highest BCUT2D eigenvalue weighted by Gasteiger charge is 2.45. The Morgan fingerprint density at radius 1 is 1.02 bits per heavy atom. The maximum absolute atomic E-state index is 14.3. The summed E-state index contributed by atoms with van der Waals surface area (Å²) in [5.41, 5.74) is 1.19. The van der Waals surface area contributed by atoms with Gasteiger partial charge in [-0.15, -0.1) is 0 Å². The van der Waals surface area contributed by atoms with E-state index in [0.29, 0.717) is 25.3 Å². The SMILES string of the molecule is CCC(=O)O[C@@H](OP(=O)(CCCCc1ccccc1)CC(=O)N1C[C@H](C2CCCCC2)C[C@H]1C(=O)OC)C(C)C. The first-order valence-electron chi connectivity index (χ1n) is 15.0. The molecule has 2 aliphatic rings. The third-order valence-corrected chi connectivity index (χ3v) is 10.6. The fourth-order valence-electron chi connectivity index (χ4n) is 5.92. The predicted molar refractivity (Wildman–Crippen MR) is 155 cm³/mol. The molecule has 8 nitrogen and oxygen atoms in total. The number of nitrogens with zero attached hydrogens (tertiary/aromatic N) is 1. The molecule has 1 unspecified atom stereocenters. The van der Waals surface area contributed by atoms with Gasteiger partial charge in [0.1, 0.15) is 12.2 Å². The van der Waals surface area contributed by atoms with Gasteiger partial charge in [0.15, 0.2) is 0 Å². The molecule has 9 heteroatoms. The zero-order valence-electron chi connectivity index (χ0n) is 24.7. The molecule has 2 fully saturated rings. The molecule has 1 saturated heterocycles. The lowest BCUT2D eigenvalue weighted by molar-refractivity contribution is -0.169. The van der Waals surface area contributed by atoms with E-state index in [9.17, 15) is 18.9 Å². The van der Waals surface area contributed by atoms with Gasteiger partial charge in [0.2, 0.25) is 19.6 Å². The molecule has 1 heterocycles. The molecule has 224 valence electrons. The summed E-state index contributed by atoms with van der Waals surface area (Å²) in [7, 11) is -2.22. The van der Waals surface area contributed by atoms with E-state index in [4.69, 9.17) is 14.0 Å². The number of methoxy groups -OCH3 is 1. The van der Waals surface area contributed by atoms with Gasteiger partial charge >= 0.3 is 11.9 Å². The van der Waals surface area contributed by atoms with E-state index in [1.54, 1.807) is 11.8 Å². The van der Waals surface area contributed by atoms with Crippen molar-refractivity contribution >= 4 is 25.2 Å². The molecule has 1 aromatic carbocycles. The molecular formula is C31H48NO7P. The Morgan fingerprint density at radius 3 is 2.35 bits per heavy atom. The lowest BCUT2D eigenvalue weighted by Crippen LogP contribution is -2.43. The van der Waals surface area contributed by atoms with Crippen LogP contribution < -0.4 is 0 Å². The van der Waals surface area contributed by atoms with Crippen LogP contribution in [0.4, 0.5) is 0 Å². The van der Waals surface area contributed by atoms with Crippen molar-refractivity contribution in [3.63, 3.8) is 0 Å². The molecule has 0 N–H and O–H groups in total. The van der Waals surface area contributed by atoms with Crippen molar-refractivity contribution < 1.29 is 32.9 Å². The van der Waals surface area contributed by atoms with Gasteiger partial charge in [-0.3, -0.25) is 18.7 Å². The van der Waals surface area contributed by atoms with Crippen LogP contribution in [0.25, 0.3) is 0 Å². The van der Waals surface area contributed by atoms with E-state index in [1.807, 2.05) is 32.0 Å². The highest BCUT2D eigenvalue weighted by Crippen LogP contribution is 2.51. The number of hydrogen-bond acceptors (Lipinski definition) is 7. The van der Waals surface area contributed by atoms with Gasteiger partial charge < -0.3 is 14.4 Å². The van der Waals surface area contributed by atoms with Crippen LogP contribution in [0.5, 0.6) is 0 Å². The molecule has 40 heavy (non-hydrogen) atoms. The van der Waals surface area contributed by atoms with Gasteiger partial charge in [-0.1, -0.05) is 83.2 Å². The number of aryl methyl sites for hydroxylation is 1. The number of esters is 2. The van der Waals surface area contributed by atoms with Gasteiger partial charge in [0.25, 0.3) is 0 Å². The highest BCUT2D eigenvalue weighted by molar-refractivity contribution is 7.59. The van der Waals surface area contributed by atoms with Gasteiger partial charge in [0, 0.05) is 25.0 Å². The number of ether oxygens (including phenoxy) is 2. The van der Waals surface area contributed by atoms with Crippen molar-refractivity contribution in [2.24, 2.45) is 17.8 Å². The number of amides is 1. The Hall–Kier alpha value is -2.18. The maximum Gasteiger partial charge on any atom is 0.328 e. The average molecular weight is 578 g/mol. The second-order valence-corrected chi connectivity index (χ2v) is 14.3. The molecule has 4 atom stereocenters. The van der Waals surface area contributed by atoms with Crippen molar-refractivity contribution in [1.29, 1.82) is 0 Å². The number of benzene rings is 1. The smallest absolute Gasteiger partial charge is 0.328 e. The second-order valence-electron chi connectivity index (χ2n) is 11.7. The van der Waals surface area contributed by atoms with Gasteiger partial charge in [-0.2, -0.15) is 0 Å². The standard InChI is InChI=1S/C31H48NO7P/c1-5-29(34)38-31(23(2)3)39-40(36,19-13-12-16-24-14-8-6-9-15-24)22-28(33)32-21-26(20-27(32)30(35)37-4)25-17-10-7-11-18-25/h6,8-9,14-15,23,25-27,31H,5,7,10-13,16-22H2,1-4H3/t26-,27+,31+,40?/m1/s1. The molecular weight excluding hydrogens is 529 g/mol. The molecule has 0 aromatic heterocycles. The van der Waals surface area contributed by atoms with E-state index in [2.05, 4.69) is 12.1 Å². The van der Waals surface area contributed by atoms with Crippen LogP contribution in [-0.2, 0) is 39.4 Å². The molecule has 1 aliphatic heterocycles. The van der Waals surface area contributed by atoms with Gasteiger partial charge in [-0.25, -0.2) is 4.79 Å². The van der Waals surface area contributed by atoms with Crippen molar-refractivity contribution in [2.75, 3.05) is 26.0 Å². The lowest BCUT2D eigenvalue weighted by atomic mass is 9.79. The molecule has 1 amide bonds. The maximum atomic E-state index is 14.3. The van der Waals surface area contributed by atoms with Crippen LogP contribution in [0, 0.1) is 17.8 Å². The second kappa shape index (κ2) is 15.7. The van der Waals surface area contributed by atoms with Crippen LogP contribution in [0.1, 0.15) is 84.1 Å². The minimum Gasteiger partial charge on any atom is -0.467 e. The van der Waals surface area contributed by atoms with Crippen molar-refractivity contribution in [3.05, 3.63) is 35.9 Å². The largest absolute Gasteiger partial charge is 0.467 e. The van der Waals surface area contributed by atoms with E-state index >= 15 is 0 Å². The van der Waals surface area contributed by atoms with Gasteiger partial charge in [-0.05, 0) is 43.1 Å². The van der Waals surface area contributed by atoms with E-state index in [1.165, 1.54) is 31.9 Å². The third-order valence-electron chi connectivity index (χ3n) is 8.25. The minimum absolute atomic E-state index is 0.171. The summed E-state index contributed by atoms with van der Waals surface area (Å²) in [6.45, 7) is 5.82. The van der Waals surface area contributed by atoms with Crippen molar-refractivity contribution in [2.45, 2.75) is 97.3 Å². The first-order valence-corrected chi connectivity index (χ1v) is 17.0. The summed E-state index contributed by atoms with van der Waals surface area (Å²) in [6.07, 6.45) is 7.63. The number of unbranched alkanes of at least 4 members (excludes halogenated alkanes) is 1. The summed E-state index contributed by atoms with van der Waals surface area (Å²) in [5.74, 6) is -0.756. The number of rotatable bonds is 14. The molecule has 0 spiro atoms. The molecule has 1 aromatic rings. The molecule has 0 bridgehead atoms. The first-order chi connectivity index (χ1) is 19.2. The first kappa shape index (κ1) is 32.3. The van der Waals surface area contributed by atoms with Crippen LogP contribution in [-0.4, -0.2) is 61.1 Å². The van der Waals surface area contributed by atoms with Crippen molar-refractivity contribution in [3.8, 4) is 0 Å². The van der Waals surface area contributed by atoms with E-state index in [0.717, 1.165) is 25.7 Å². The topological polar surface area (TPSA) is 99.2 Å². The van der Waals surface area contributed by atoms with E-state index < -0.39 is 31.6 Å². The van der Waals surface area contributed by atoms with Crippen LogP contribution >= 0.6 is 7.37 Å². The zero-order valence-corrected chi connectivity index (χ0v) is 25.6. The van der Waals surface area contributed by atoms with Crippen LogP contribution in [0.2, 0.25) is 0 Å². The Morgan fingerprint density at radius 2 is 1.73 bits per heavy atom. The van der Waals surface area contributed by atoms with E-state index in [-0.39, 0.29) is 36.5 Å². The monoisotopic (exact) mass is 577 g/mol. The summed E-state index contributed by atoms with van der Waals surface area (Å²) < 4.78 is 30.9. The summed E-state index contributed by atoms with van der Waals surface area (Å²) in [6, 6.07) is 9.40. The number of carbonyl (C=O) groups excluding carboxylic acids is 3. The summed E-state index contributed by atoms with van der Waals surface area (Å²) in [5, 5.41) is 0. The number of likely N-dealkylation sites (tertiary alicyclic amines) is 1. The lowest BCUT2D eigenvalue weighted by Gasteiger charge is -2.30.